The van der Waals surface area contributed by atoms with Gasteiger partial charge in [0.1, 0.15) is 11.8 Å². The molecule has 24 heavy (non-hydrogen) atoms. The zero-order valence-corrected chi connectivity index (χ0v) is 14.8. The molecule has 0 aliphatic rings. The Balaban J connectivity index is 2.06. The van der Waals surface area contributed by atoms with Gasteiger partial charge in [-0.1, -0.05) is 19.9 Å². The molecule has 0 saturated heterocycles. The number of rotatable bonds is 8. The second-order valence-electron chi connectivity index (χ2n) is 6.54. The van der Waals surface area contributed by atoms with Gasteiger partial charge in [0.15, 0.2) is 0 Å². The van der Waals surface area contributed by atoms with Crippen LogP contribution in [0.3, 0.4) is 0 Å². The van der Waals surface area contributed by atoms with Crippen molar-refractivity contribution in [2.24, 2.45) is 11.7 Å². The lowest BCUT2D eigenvalue weighted by molar-refractivity contribution is -0.152. The average molecular weight is 333 g/mol. The van der Waals surface area contributed by atoms with Crippen LogP contribution in [0.1, 0.15) is 19.4 Å². The number of nitrogens with two attached hydrogens (primary N) is 1. The maximum atomic E-state index is 11.8. The van der Waals surface area contributed by atoms with E-state index < -0.39 is 12.0 Å². The third-order valence-electron chi connectivity index (χ3n) is 3.98. The number of benzene rings is 1. The van der Waals surface area contributed by atoms with Crippen LogP contribution in [0.25, 0.3) is 10.9 Å². The van der Waals surface area contributed by atoms with Crippen molar-refractivity contribution in [1.82, 2.24) is 9.88 Å². The van der Waals surface area contributed by atoms with E-state index in [0.29, 0.717) is 5.75 Å². The van der Waals surface area contributed by atoms with E-state index >= 15 is 0 Å². The van der Waals surface area contributed by atoms with Crippen molar-refractivity contribution < 1.29 is 14.3 Å². The van der Waals surface area contributed by atoms with Crippen LogP contribution in [0.4, 0.5) is 0 Å². The van der Waals surface area contributed by atoms with Crippen LogP contribution in [0, 0.1) is 5.92 Å². The van der Waals surface area contributed by atoms with Gasteiger partial charge in [-0.05, 0) is 44.1 Å². The molecule has 0 saturated carbocycles. The molecule has 1 atom stereocenters. The Kier molecular flexibility index (Phi) is 6.23. The first-order chi connectivity index (χ1) is 11.4. The van der Waals surface area contributed by atoms with Crippen molar-refractivity contribution in [1.29, 1.82) is 0 Å². The summed E-state index contributed by atoms with van der Waals surface area (Å²) >= 11 is 0. The van der Waals surface area contributed by atoms with E-state index in [4.69, 9.17) is 15.2 Å². The van der Waals surface area contributed by atoms with Gasteiger partial charge in [-0.25, -0.2) is 0 Å². The van der Waals surface area contributed by atoms with E-state index in [9.17, 15) is 4.79 Å². The fourth-order valence-corrected chi connectivity index (χ4v) is 2.40. The molecule has 3 N–H and O–H groups in total. The molecule has 1 aromatic heterocycles. The van der Waals surface area contributed by atoms with E-state index in [1.165, 1.54) is 5.56 Å². The Morgan fingerprint density at radius 1 is 1.33 bits per heavy atom. The number of esters is 1. The molecule has 1 heterocycles. The van der Waals surface area contributed by atoms with Crippen molar-refractivity contribution in [2.45, 2.75) is 26.3 Å². The summed E-state index contributed by atoms with van der Waals surface area (Å²) in [4.78, 5) is 17.2. The lowest BCUT2D eigenvalue weighted by Gasteiger charge is -2.15. The molecule has 6 heteroatoms. The van der Waals surface area contributed by atoms with E-state index in [1.54, 1.807) is 0 Å². The number of nitrogens with zero attached hydrogens (tertiary/aromatic N) is 1. The van der Waals surface area contributed by atoms with Crippen molar-refractivity contribution in [3.63, 3.8) is 0 Å². The van der Waals surface area contributed by atoms with Crippen LogP contribution in [0.2, 0.25) is 0 Å². The van der Waals surface area contributed by atoms with Crippen molar-refractivity contribution in [3.8, 4) is 5.75 Å². The summed E-state index contributed by atoms with van der Waals surface area (Å²) in [7, 11) is 4.09. The lowest BCUT2D eigenvalue weighted by atomic mass is 10.1. The van der Waals surface area contributed by atoms with Gasteiger partial charge < -0.3 is 25.1 Å². The largest absolute Gasteiger partial charge is 0.457 e. The second-order valence-corrected chi connectivity index (χ2v) is 6.54. The Hall–Kier alpha value is -2.05. The van der Waals surface area contributed by atoms with Crippen molar-refractivity contribution in [2.75, 3.05) is 27.4 Å². The molecule has 0 amide bonds. The van der Waals surface area contributed by atoms with Gasteiger partial charge in [0.25, 0.3) is 0 Å². The summed E-state index contributed by atoms with van der Waals surface area (Å²) in [6, 6.07) is 5.16. The highest BCUT2D eigenvalue weighted by molar-refractivity contribution is 5.89. The van der Waals surface area contributed by atoms with Crippen molar-refractivity contribution in [3.05, 3.63) is 30.0 Å². The number of H-pyrrole nitrogens is 1. The molecular formula is C18H27N3O3. The number of carbonyl (C=O) groups is 1. The topological polar surface area (TPSA) is 80.6 Å². The quantitative estimate of drug-likeness (QED) is 0.571. The maximum absolute atomic E-state index is 11.8. The van der Waals surface area contributed by atoms with E-state index in [1.807, 2.05) is 52.3 Å². The van der Waals surface area contributed by atoms with Crippen LogP contribution < -0.4 is 10.5 Å². The number of hydrogen-bond acceptors (Lipinski definition) is 5. The van der Waals surface area contributed by atoms with Gasteiger partial charge in [-0.15, -0.1) is 0 Å². The molecule has 0 aliphatic carbocycles. The van der Waals surface area contributed by atoms with Crippen molar-refractivity contribution >= 4 is 16.9 Å². The average Bonchev–Trinajstić information content (AvgIpc) is 2.96. The normalized spacial score (nSPS) is 12.8. The van der Waals surface area contributed by atoms with Gasteiger partial charge in [-0.2, -0.15) is 0 Å². The number of aromatic amines is 1. The zero-order chi connectivity index (χ0) is 17.7. The molecule has 1 aromatic carbocycles. The SMILES string of the molecule is CC(C)C(N)C(=O)OCOc1cccc2[nH]cc(CCN(C)C)c12. The Morgan fingerprint density at radius 2 is 2.08 bits per heavy atom. The van der Waals surface area contributed by atoms with Crippen LogP contribution in [0.5, 0.6) is 5.75 Å². The fourth-order valence-electron chi connectivity index (χ4n) is 2.40. The molecule has 132 valence electrons. The smallest absolute Gasteiger partial charge is 0.326 e. The highest BCUT2D eigenvalue weighted by Gasteiger charge is 2.19. The number of fused-ring (bicyclic) bond motifs is 1. The third-order valence-corrected chi connectivity index (χ3v) is 3.98. The van der Waals surface area contributed by atoms with Gasteiger partial charge in [0.2, 0.25) is 6.79 Å². The lowest BCUT2D eigenvalue weighted by Crippen LogP contribution is -2.37. The molecule has 1 unspecified atom stereocenters. The van der Waals surface area contributed by atoms with Crippen LogP contribution in [-0.4, -0.2) is 49.3 Å². The Bertz CT molecular complexity index is 679. The summed E-state index contributed by atoms with van der Waals surface area (Å²) in [5.74, 6) is 0.288. The number of hydrogen-bond donors (Lipinski definition) is 2. The number of nitrogens with one attached hydrogen (secondary N) is 1. The van der Waals surface area contributed by atoms with Gasteiger partial charge in [0, 0.05) is 23.6 Å². The van der Waals surface area contributed by atoms with E-state index in [2.05, 4.69) is 9.88 Å². The van der Waals surface area contributed by atoms with E-state index in [0.717, 1.165) is 23.9 Å². The minimum absolute atomic E-state index is 0.0308. The molecular weight excluding hydrogens is 306 g/mol. The minimum Gasteiger partial charge on any atom is -0.457 e. The van der Waals surface area contributed by atoms with Crippen LogP contribution in [-0.2, 0) is 16.0 Å². The predicted molar refractivity (Wildman–Crippen MR) is 95.0 cm³/mol. The standard InChI is InChI=1S/C18H27N3O3/c1-12(2)17(19)18(22)24-11-23-15-7-5-6-14-16(15)13(10-20-14)8-9-21(3)4/h5-7,10,12,17,20H,8-9,11,19H2,1-4H3. The number of carbonyl (C=O) groups excluding carboxylic acids is 1. The van der Waals surface area contributed by atoms with Gasteiger partial charge in [0.05, 0.1) is 0 Å². The molecule has 2 rings (SSSR count). The summed E-state index contributed by atoms with van der Waals surface area (Å²) < 4.78 is 10.8. The third kappa shape index (κ3) is 4.49. The van der Waals surface area contributed by atoms with Gasteiger partial charge in [-0.3, -0.25) is 4.79 Å². The first-order valence-corrected chi connectivity index (χ1v) is 8.19. The van der Waals surface area contributed by atoms with Crippen LogP contribution >= 0.6 is 0 Å². The molecule has 0 radical (unpaired) electrons. The molecule has 2 aromatic rings. The second kappa shape index (κ2) is 8.17. The molecule has 0 aliphatic heterocycles. The van der Waals surface area contributed by atoms with Crippen LogP contribution in [0.15, 0.2) is 24.4 Å². The molecule has 0 bridgehead atoms. The first-order valence-electron chi connectivity index (χ1n) is 8.19. The minimum atomic E-state index is -0.632. The predicted octanol–water partition coefficient (Wildman–Crippen LogP) is 2.13. The fraction of sp³-hybridized carbons (Fsp3) is 0.500. The molecule has 0 fully saturated rings. The highest BCUT2D eigenvalue weighted by atomic mass is 16.7. The first kappa shape index (κ1) is 18.3. The zero-order valence-electron chi connectivity index (χ0n) is 14.8. The Morgan fingerprint density at radius 3 is 2.75 bits per heavy atom. The summed E-state index contributed by atoms with van der Waals surface area (Å²) in [6.07, 6.45) is 2.91. The molecule has 0 spiro atoms. The number of likely N-dealkylation sites (N-methyl/N-ethyl adjacent to an activating group) is 1. The number of aromatic nitrogens is 1. The molecule has 6 nitrogen and oxygen atoms in total. The monoisotopic (exact) mass is 333 g/mol. The number of ether oxygens (including phenoxy) is 2. The van der Waals surface area contributed by atoms with E-state index in [-0.39, 0.29) is 12.7 Å². The van der Waals surface area contributed by atoms with Gasteiger partial charge >= 0.3 is 5.97 Å². The Labute approximate surface area is 142 Å². The summed E-state index contributed by atoms with van der Waals surface area (Å²) in [5.41, 5.74) is 7.95. The summed E-state index contributed by atoms with van der Waals surface area (Å²) in [5, 5.41) is 1.03. The maximum Gasteiger partial charge on any atom is 0.326 e. The summed E-state index contributed by atoms with van der Waals surface area (Å²) in [6.45, 7) is 4.56. The highest BCUT2D eigenvalue weighted by Crippen LogP contribution is 2.29.